The number of carbonyl (C=O) groups is 1. The zero-order valence-corrected chi connectivity index (χ0v) is 16.1. The number of aryl methyl sites for hydroxylation is 2. The van der Waals surface area contributed by atoms with E-state index < -0.39 is 6.10 Å². The number of para-hydroxylation sites is 1. The van der Waals surface area contributed by atoms with Crippen molar-refractivity contribution in [2.75, 3.05) is 0 Å². The maximum Gasteiger partial charge on any atom is 0.261 e. The molecule has 4 nitrogen and oxygen atoms in total. The molecule has 1 amide bonds. The number of nitrogens with one attached hydrogen (secondary N) is 1. The van der Waals surface area contributed by atoms with Gasteiger partial charge in [-0.2, -0.15) is 0 Å². The van der Waals surface area contributed by atoms with Gasteiger partial charge in [-0.1, -0.05) is 24.3 Å². The fourth-order valence-corrected chi connectivity index (χ4v) is 3.26. The van der Waals surface area contributed by atoms with Gasteiger partial charge in [0.1, 0.15) is 17.1 Å². The van der Waals surface area contributed by atoms with E-state index in [0.717, 1.165) is 16.9 Å². The summed E-state index contributed by atoms with van der Waals surface area (Å²) in [6, 6.07) is 13.7. The minimum absolute atomic E-state index is 0.0896. The smallest absolute Gasteiger partial charge is 0.261 e. The average Bonchev–Trinajstić information content (AvgIpc) is 2.57. The Balaban J connectivity index is 1.71. The summed E-state index contributed by atoms with van der Waals surface area (Å²) in [5.74, 6) is 1.42. The van der Waals surface area contributed by atoms with E-state index in [1.54, 1.807) is 6.92 Å². The van der Waals surface area contributed by atoms with Crippen LogP contribution in [0.5, 0.6) is 11.5 Å². The molecule has 138 valence electrons. The van der Waals surface area contributed by atoms with Crippen LogP contribution in [-0.4, -0.2) is 17.6 Å². The predicted octanol–water partition coefficient (Wildman–Crippen LogP) is 4.49. The van der Waals surface area contributed by atoms with Crippen molar-refractivity contribution in [3.05, 3.63) is 59.2 Å². The molecule has 0 saturated carbocycles. The standard InChI is InChI=1S/C22H27NO3/c1-14-10-11-17(12-15(14)2)25-16(3)21(24)23-19-13-22(4,5)26-20-9-7-6-8-18(19)20/h6-12,16,19H,13H2,1-5H3,(H,23,24)/t16-,19+/m1/s1. The van der Waals surface area contributed by atoms with E-state index in [0.29, 0.717) is 12.2 Å². The lowest BCUT2D eigenvalue weighted by atomic mass is 9.89. The van der Waals surface area contributed by atoms with Gasteiger partial charge in [-0.25, -0.2) is 0 Å². The van der Waals surface area contributed by atoms with Crippen LogP contribution in [0.2, 0.25) is 0 Å². The molecule has 0 radical (unpaired) electrons. The minimum atomic E-state index is -0.574. The molecule has 26 heavy (non-hydrogen) atoms. The number of rotatable bonds is 4. The summed E-state index contributed by atoms with van der Waals surface area (Å²) in [6.45, 7) is 9.95. The third-order valence-electron chi connectivity index (χ3n) is 4.85. The Bertz CT molecular complexity index is 813. The van der Waals surface area contributed by atoms with Crippen LogP contribution < -0.4 is 14.8 Å². The molecule has 1 aliphatic rings. The molecule has 0 aromatic heterocycles. The highest BCUT2D eigenvalue weighted by Gasteiger charge is 2.35. The maximum absolute atomic E-state index is 12.7. The van der Waals surface area contributed by atoms with Gasteiger partial charge in [0.15, 0.2) is 6.10 Å². The fourth-order valence-electron chi connectivity index (χ4n) is 3.26. The van der Waals surface area contributed by atoms with E-state index in [2.05, 4.69) is 12.2 Å². The van der Waals surface area contributed by atoms with Crippen molar-refractivity contribution in [2.45, 2.75) is 58.8 Å². The van der Waals surface area contributed by atoms with Gasteiger partial charge in [-0.3, -0.25) is 4.79 Å². The number of hydrogen-bond acceptors (Lipinski definition) is 3. The van der Waals surface area contributed by atoms with E-state index in [1.807, 2.05) is 63.2 Å². The normalized spacial score (nSPS) is 19.0. The minimum Gasteiger partial charge on any atom is -0.487 e. The monoisotopic (exact) mass is 353 g/mol. The summed E-state index contributed by atoms with van der Waals surface area (Å²) in [7, 11) is 0. The molecular formula is C22H27NO3. The number of fused-ring (bicyclic) bond motifs is 1. The molecule has 1 aliphatic heterocycles. The Morgan fingerprint density at radius 2 is 1.92 bits per heavy atom. The van der Waals surface area contributed by atoms with Crippen LogP contribution in [0.15, 0.2) is 42.5 Å². The van der Waals surface area contributed by atoms with Crippen LogP contribution in [-0.2, 0) is 4.79 Å². The van der Waals surface area contributed by atoms with Gasteiger partial charge < -0.3 is 14.8 Å². The first-order chi connectivity index (χ1) is 12.2. The molecule has 0 saturated heterocycles. The predicted molar refractivity (Wildman–Crippen MR) is 103 cm³/mol. The first-order valence-corrected chi connectivity index (χ1v) is 9.07. The van der Waals surface area contributed by atoms with Crippen LogP contribution >= 0.6 is 0 Å². The summed E-state index contributed by atoms with van der Waals surface area (Å²) >= 11 is 0. The number of hydrogen-bond donors (Lipinski definition) is 1. The van der Waals surface area contributed by atoms with Gasteiger partial charge in [-0.15, -0.1) is 0 Å². The van der Waals surface area contributed by atoms with Crippen molar-refractivity contribution in [2.24, 2.45) is 0 Å². The molecule has 1 N–H and O–H groups in total. The number of carbonyl (C=O) groups excluding carboxylic acids is 1. The Hall–Kier alpha value is -2.49. The van der Waals surface area contributed by atoms with Crippen molar-refractivity contribution >= 4 is 5.91 Å². The van der Waals surface area contributed by atoms with Gasteiger partial charge in [-0.05, 0) is 63.9 Å². The highest BCUT2D eigenvalue weighted by Crippen LogP contribution is 2.39. The third-order valence-corrected chi connectivity index (χ3v) is 4.85. The summed E-state index contributed by atoms with van der Waals surface area (Å²) < 4.78 is 11.9. The molecule has 2 atom stereocenters. The van der Waals surface area contributed by atoms with Crippen molar-refractivity contribution in [1.29, 1.82) is 0 Å². The SMILES string of the molecule is Cc1ccc(O[C@H](C)C(=O)N[C@H]2CC(C)(C)Oc3ccccc32)cc1C. The number of ether oxygens (including phenoxy) is 2. The second-order valence-corrected chi connectivity index (χ2v) is 7.67. The van der Waals surface area contributed by atoms with Crippen LogP contribution in [0.1, 0.15) is 49.9 Å². The summed E-state index contributed by atoms with van der Waals surface area (Å²) in [4.78, 5) is 12.7. The Labute approximate surface area is 155 Å². The largest absolute Gasteiger partial charge is 0.487 e. The van der Waals surface area contributed by atoms with E-state index in [1.165, 1.54) is 5.56 Å². The molecule has 2 aromatic carbocycles. The van der Waals surface area contributed by atoms with Gasteiger partial charge in [0.05, 0.1) is 6.04 Å². The third kappa shape index (κ3) is 4.01. The lowest BCUT2D eigenvalue weighted by Gasteiger charge is -2.38. The molecular weight excluding hydrogens is 326 g/mol. The summed E-state index contributed by atoms with van der Waals surface area (Å²) in [6.07, 6.45) is 0.141. The molecule has 4 heteroatoms. The van der Waals surface area contributed by atoms with E-state index in [4.69, 9.17) is 9.47 Å². The second kappa shape index (κ2) is 7.02. The molecule has 0 unspecified atom stereocenters. The van der Waals surface area contributed by atoms with Crippen LogP contribution in [0.4, 0.5) is 0 Å². The molecule has 1 heterocycles. The van der Waals surface area contributed by atoms with Crippen LogP contribution in [0.3, 0.4) is 0 Å². The molecule has 0 bridgehead atoms. The molecule has 0 fully saturated rings. The lowest BCUT2D eigenvalue weighted by Crippen LogP contribution is -2.44. The van der Waals surface area contributed by atoms with E-state index in [9.17, 15) is 4.79 Å². The lowest BCUT2D eigenvalue weighted by molar-refractivity contribution is -0.128. The van der Waals surface area contributed by atoms with Crippen molar-refractivity contribution in [3.8, 4) is 11.5 Å². The number of amides is 1. The quantitative estimate of drug-likeness (QED) is 0.881. The van der Waals surface area contributed by atoms with Gasteiger partial charge >= 0.3 is 0 Å². The Morgan fingerprint density at radius 1 is 1.19 bits per heavy atom. The Morgan fingerprint density at radius 3 is 2.65 bits per heavy atom. The summed E-state index contributed by atoms with van der Waals surface area (Å²) in [5.41, 5.74) is 3.04. The summed E-state index contributed by atoms with van der Waals surface area (Å²) in [5, 5.41) is 3.13. The molecule has 3 rings (SSSR count). The first kappa shape index (κ1) is 18.3. The van der Waals surface area contributed by atoms with E-state index in [-0.39, 0.29) is 17.6 Å². The van der Waals surface area contributed by atoms with Crippen molar-refractivity contribution in [1.82, 2.24) is 5.32 Å². The molecule has 2 aromatic rings. The zero-order chi connectivity index (χ0) is 18.9. The second-order valence-electron chi connectivity index (χ2n) is 7.67. The van der Waals surface area contributed by atoms with Crippen LogP contribution in [0.25, 0.3) is 0 Å². The van der Waals surface area contributed by atoms with Gasteiger partial charge in [0, 0.05) is 12.0 Å². The molecule has 0 spiro atoms. The zero-order valence-electron chi connectivity index (χ0n) is 16.1. The number of benzene rings is 2. The van der Waals surface area contributed by atoms with Crippen molar-refractivity contribution < 1.29 is 14.3 Å². The molecule has 0 aliphatic carbocycles. The first-order valence-electron chi connectivity index (χ1n) is 9.07. The highest BCUT2D eigenvalue weighted by molar-refractivity contribution is 5.81. The topological polar surface area (TPSA) is 47.6 Å². The highest BCUT2D eigenvalue weighted by atomic mass is 16.5. The van der Waals surface area contributed by atoms with E-state index >= 15 is 0 Å². The maximum atomic E-state index is 12.7. The van der Waals surface area contributed by atoms with Gasteiger partial charge in [0.25, 0.3) is 5.91 Å². The van der Waals surface area contributed by atoms with Gasteiger partial charge in [0.2, 0.25) is 0 Å². The van der Waals surface area contributed by atoms with Crippen molar-refractivity contribution in [3.63, 3.8) is 0 Å². The fraction of sp³-hybridized carbons (Fsp3) is 0.409. The Kier molecular flexibility index (Phi) is 4.94. The van der Waals surface area contributed by atoms with Crippen LogP contribution in [0, 0.1) is 13.8 Å². The average molecular weight is 353 g/mol.